The van der Waals surface area contributed by atoms with E-state index in [0.717, 1.165) is 26.1 Å². The monoisotopic (exact) mass is 438 g/mol. The lowest BCUT2D eigenvalue weighted by atomic mass is 10.2. The molecule has 2 aromatic rings. The molecule has 1 aliphatic rings. The van der Waals surface area contributed by atoms with Crippen molar-refractivity contribution in [1.29, 1.82) is 0 Å². The second-order valence-corrected chi connectivity index (χ2v) is 9.11. The molecule has 1 fully saturated rings. The van der Waals surface area contributed by atoms with Gasteiger partial charge in [-0.25, -0.2) is 8.42 Å². The van der Waals surface area contributed by atoms with Crippen LogP contribution in [-0.4, -0.2) is 50.9 Å². The van der Waals surface area contributed by atoms with Crippen molar-refractivity contribution in [2.24, 2.45) is 0 Å². The molecule has 0 unspecified atom stereocenters. The van der Waals surface area contributed by atoms with Gasteiger partial charge in [-0.2, -0.15) is 4.31 Å². The minimum atomic E-state index is -3.51. The Hall–Kier alpha value is -1.41. The fraction of sp³-hybridized carbons (Fsp3) is 0.368. The molecular formula is C19H23BrN2O3S. The zero-order valence-corrected chi connectivity index (χ0v) is 17.2. The predicted octanol–water partition coefficient (Wildman–Crippen LogP) is 3.35. The number of methoxy groups -OCH3 is 1. The number of benzene rings is 2. The number of nitrogens with zero attached hydrogens (tertiary/aromatic N) is 2. The summed E-state index contributed by atoms with van der Waals surface area (Å²) in [4.78, 5) is 2.61. The molecule has 1 saturated heterocycles. The highest BCUT2D eigenvalue weighted by Gasteiger charge is 2.27. The fourth-order valence-electron chi connectivity index (χ4n) is 3.14. The van der Waals surface area contributed by atoms with Crippen molar-refractivity contribution in [2.75, 3.05) is 33.3 Å². The number of hydrogen-bond donors (Lipinski definition) is 0. The zero-order valence-electron chi connectivity index (χ0n) is 14.8. The molecule has 0 radical (unpaired) electrons. The average Bonchev–Trinajstić information content (AvgIpc) is 2.88. The average molecular weight is 439 g/mol. The van der Waals surface area contributed by atoms with Crippen molar-refractivity contribution in [1.82, 2.24) is 9.21 Å². The summed E-state index contributed by atoms with van der Waals surface area (Å²) >= 11 is 3.37. The van der Waals surface area contributed by atoms with Crippen LogP contribution in [0.2, 0.25) is 0 Å². The van der Waals surface area contributed by atoms with Gasteiger partial charge in [0.15, 0.2) is 0 Å². The highest BCUT2D eigenvalue weighted by molar-refractivity contribution is 9.10. The van der Waals surface area contributed by atoms with Gasteiger partial charge in [0.05, 0.1) is 16.5 Å². The smallest absolute Gasteiger partial charge is 0.243 e. The maximum absolute atomic E-state index is 13.0. The maximum Gasteiger partial charge on any atom is 0.243 e. The van der Waals surface area contributed by atoms with E-state index in [1.807, 2.05) is 18.2 Å². The Balaban J connectivity index is 1.70. The normalized spacial score (nSPS) is 17.0. The Kier molecular flexibility index (Phi) is 6.34. The molecule has 0 N–H and O–H groups in total. The molecule has 0 aromatic heterocycles. The van der Waals surface area contributed by atoms with Crippen molar-refractivity contribution in [3.63, 3.8) is 0 Å². The Labute approximate surface area is 163 Å². The van der Waals surface area contributed by atoms with Crippen LogP contribution in [0, 0.1) is 0 Å². The van der Waals surface area contributed by atoms with Crippen LogP contribution in [-0.2, 0) is 16.6 Å². The van der Waals surface area contributed by atoms with E-state index >= 15 is 0 Å². The lowest BCUT2D eigenvalue weighted by Gasteiger charge is -2.22. The minimum Gasteiger partial charge on any atom is -0.496 e. The summed E-state index contributed by atoms with van der Waals surface area (Å²) in [5, 5.41) is 0. The standard InChI is InChI=1S/C19H23BrN2O3S/c1-25-19-9-8-17(14-18(19)20)26(23,24)22-11-5-10-21(12-13-22)15-16-6-3-2-4-7-16/h2-4,6-9,14H,5,10-13,15H2,1H3. The largest absolute Gasteiger partial charge is 0.496 e. The number of ether oxygens (including phenoxy) is 1. The van der Waals surface area contributed by atoms with E-state index in [0.29, 0.717) is 28.2 Å². The van der Waals surface area contributed by atoms with E-state index in [-0.39, 0.29) is 0 Å². The SMILES string of the molecule is COc1ccc(S(=O)(=O)N2CCCN(Cc3ccccc3)CC2)cc1Br. The van der Waals surface area contributed by atoms with Gasteiger partial charge in [-0.1, -0.05) is 30.3 Å². The fourth-order valence-corrected chi connectivity index (χ4v) is 5.33. The second kappa shape index (κ2) is 8.52. The number of sulfonamides is 1. The predicted molar refractivity (Wildman–Crippen MR) is 106 cm³/mol. The van der Waals surface area contributed by atoms with Crippen molar-refractivity contribution in [3.8, 4) is 5.75 Å². The topological polar surface area (TPSA) is 49.9 Å². The van der Waals surface area contributed by atoms with Crippen LogP contribution >= 0.6 is 15.9 Å². The van der Waals surface area contributed by atoms with Gasteiger partial charge in [0.1, 0.15) is 5.75 Å². The van der Waals surface area contributed by atoms with Gasteiger partial charge < -0.3 is 4.74 Å². The number of halogens is 1. The first kappa shape index (κ1) is 19.4. The van der Waals surface area contributed by atoms with Gasteiger partial charge in [-0.05, 0) is 52.7 Å². The highest BCUT2D eigenvalue weighted by Crippen LogP contribution is 2.29. The highest BCUT2D eigenvalue weighted by atomic mass is 79.9. The van der Waals surface area contributed by atoms with E-state index in [1.165, 1.54) is 5.56 Å². The quantitative estimate of drug-likeness (QED) is 0.717. The van der Waals surface area contributed by atoms with Crippen LogP contribution < -0.4 is 4.74 Å². The number of rotatable bonds is 5. The second-order valence-electron chi connectivity index (χ2n) is 6.32. The molecule has 0 spiro atoms. The van der Waals surface area contributed by atoms with Crippen LogP contribution in [0.1, 0.15) is 12.0 Å². The molecule has 2 aromatic carbocycles. The summed E-state index contributed by atoms with van der Waals surface area (Å²) in [6.07, 6.45) is 0.823. The summed E-state index contributed by atoms with van der Waals surface area (Å²) in [7, 11) is -1.95. The first-order valence-corrected chi connectivity index (χ1v) is 10.8. The Morgan fingerprint density at radius 1 is 1.04 bits per heavy atom. The molecule has 1 heterocycles. The van der Waals surface area contributed by atoms with E-state index in [4.69, 9.17) is 4.74 Å². The van der Waals surface area contributed by atoms with Crippen molar-refractivity contribution in [3.05, 3.63) is 58.6 Å². The molecule has 0 saturated carbocycles. The molecule has 5 nitrogen and oxygen atoms in total. The van der Waals surface area contributed by atoms with Gasteiger partial charge in [0.25, 0.3) is 0 Å². The summed E-state index contributed by atoms with van der Waals surface area (Å²) in [6.45, 7) is 3.51. The van der Waals surface area contributed by atoms with Crippen molar-refractivity contribution < 1.29 is 13.2 Å². The third-order valence-corrected chi connectivity index (χ3v) is 7.07. The summed E-state index contributed by atoms with van der Waals surface area (Å²) in [5.41, 5.74) is 1.25. The minimum absolute atomic E-state index is 0.293. The van der Waals surface area contributed by atoms with Crippen LogP contribution in [0.3, 0.4) is 0 Å². The van der Waals surface area contributed by atoms with Gasteiger partial charge in [0, 0.05) is 26.2 Å². The summed E-state index contributed by atoms with van der Waals surface area (Å²) < 4.78 is 33.4. The first-order chi connectivity index (χ1) is 12.5. The van der Waals surface area contributed by atoms with Crippen molar-refractivity contribution >= 4 is 26.0 Å². The summed E-state index contributed by atoms with van der Waals surface area (Å²) in [5.74, 6) is 0.619. The molecule has 1 aliphatic heterocycles. The lowest BCUT2D eigenvalue weighted by Crippen LogP contribution is -2.35. The molecule has 26 heavy (non-hydrogen) atoms. The molecule has 3 rings (SSSR count). The van der Waals surface area contributed by atoms with E-state index in [9.17, 15) is 8.42 Å². The maximum atomic E-state index is 13.0. The molecule has 7 heteroatoms. The van der Waals surface area contributed by atoms with Gasteiger partial charge in [0.2, 0.25) is 10.0 Å². The summed E-state index contributed by atoms with van der Waals surface area (Å²) in [6, 6.07) is 15.2. The van der Waals surface area contributed by atoms with E-state index < -0.39 is 10.0 Å². The molecule has 140 valence electrons. The van der Waals surface area contributed by atoms with Crippen LogP contribution in [0.15, 0.2) is 57.9 Å². The van der Waals surface area contributed by atoms with E-state index in [1.54, 1.807) is 29.6 Å². The Bertz CT molecular complexity index is 843. The molecular weight excluding hydrogens is 416 g/mol. The van der Waals surface area contributed by atoms with Gasteiger partial charge >= 0.3 is 0 Å². The zero-order chi connectivity index (χ0) is 18.6. The van der Waals surface area contributed by atoms with Crippen molar-refractivity contribution in [2.45, 2.75) is 17.9 Å². The number of hydrogen-bond acceptors (Lipinski definition) is 4. The van der Waals surface area contributed by atoms with Crippen LogP contribution in [0.4, 0.5) is 0 Å². The Morgan fingerprint density at radius 3 is 2.50 bits per heavy atom. The van der Waals surface area contributed by atoms with Crippen LogP contribution in [0.25, 0.3) is 0 Å². The van der Waals surface area contributed by atoms with Gasteiger partial charge in [-0.15, -0.1) is 0 Å². The third kappa shape index (κ3) is 4.46. The van der Waals surface area contributed by atoms with E-state index in [2.05, 4.69) is 33.0 Å². The molecule has 0 atom stereocenters. The first-order valence-electron chi connectivity index (χ1n) is 8.60. The lowest BCUT2D eigenvalue weighted by molar-refractivity contribution is 0.278. The van der Waals surface area contributed by atoms with Crippen LogP contribution in [0.5, 0.6) is 5.75 Å². The molecule has 0 bridgehead atoms. The molecule has 0 aliphatic carbocycles. The van der Waals surface area contributed by atoms with Gasteiger partial charge in [-0.3, -0.25) is 4.90 Å². The molecule has 0 amide bonds. The third-order valence-electron chi connectivity index (χ3n) is 4.56. The Morgan fingerprint density at radius 2 is 1.81 bits per heavy atom.